The lowest BCUT2D eigenvalue weighted by molar-refractivity contribution is 0.534. The van der Waals surface area contributed by atoms with E-state index in [-0.39, 0.29) is 0 Å². The smallest absolute Gasteiger partial charge is 0.0149 e. The van der Waals surface area contributed by atoms with E-state index < -0.39 is 0 Å². The van der Waals surface area contributed by atoms with Crippen LogP contribution in [0.25, 0.3) is 27.8 Å². The molecule has 0 saturated carbocycles. The average Bonchev–Trinajstić information content (AvgIpc) is 2.74. The maximum Gasteiger partial charge on any atom is -0.0149 e. The van der Waals surface area contributed by atoms with Crippen LogP contribution in [0.4, 0.5) is 0 Å². The van der Waals surface area contributed by atoms with Gasteiger partial charge in [0.15, 0.2) is 0 Å². The van der Waals surface area contributed by atoms with Crippen molar-refractivity contribution < 1.29 is 0 Å². The minimum atomic E-state index is 0.826. The van der Waals surface area contributed by atoms with Gasteiger partial charge >= 0.3 is 0 Å². The van der Waals surface area contributed by atoms with Crippen LogP contribution < -0.4 is 0 Å². The second-order valence-corrected chi connectivity index (χ2v) is 9.30. The third kappa shape index (κ3) is 3.76. The number of aryl methyl sites for hydroxylation is 1. The van der Waals surface area contributed by atoms with Gasteiger partial charge in [-0.05, 0) is 115 Å². The highest BCUT2D eigenvalue weighted by molar-refractivity contribution is 5.81. The summed E-state index contributed by atoms with van der Waals surface area (Å²) in [7, 11) is 0. The first-order valence-corrected chi connectivity index (χ1v) is 11.3. The fraction of sp³-hybridized carbons (Fsp3) is 0.333. The summed E-state index contributed by atoms with van der Waals surface area (Å²) in [4.78, 5) is 0. The molecule has 154 valence electrons. The fourth-order valence-electron chi connectivity index (χ4n) is 4.83. The predicted octanol–water partition coefficient (Wildman–Crippen LogP) is 8.77. The molecule has 1 atom stereocenters. The third-order valence-electron chi connectivity index (χ3n) is 7.25. The topological polar surface area (TPSA) is 0 Å². The summed E-state index contributed by atoms with van der Waals surface area (Å²) in [6.07, 6.45) is 6.21. The molecule has 0 bridgehead atoms. The van der Waals surface area contributed by atoms with Crippen LogP contribution in [0.1, 0.15) is 59.6 Å². The van der Waals surface area contributed by atoms with Gasteiger partial charge in [-0.2, -0.15) is 0 Å². The SMILES string of the molecule is Cc1ccc(-c2ccc(-c3ccc(C4=CCC(C)CC4)c(C)c3C)c(C)c2C)cc1. The van der Waals surface area contributed by atoms with E-state index in [2.05, 4.69) is 96.1 Å². The molecular formula is C30H34. The Bertz CT molecular complexity index is 1110. The molecule has 0 saturated heterocycles. The molecule has 3 aromatic rings. The highest BCUT2D eigenvalue weighted by atomic mass is 14.2. The summed E-state index contributed by atoms with van der Waals surface area (Å²) < 4.78 is 0. The zero-order chi connectivity index (χ0) is 21.4. The van der Waals surface area contributed by atoms with Crippen molar-refractivity contribution in [3.05, 3.63) is 88.0 Å². The van der Waals surface area contributed by atoms with Crippen molar-refractivity contribution in [2.75, 3.05) is 0 Å². The fourth-order valence-corrected chi connectivity index (χ4v) is 4.83. The van der Waals surface area contributed by atoms with Gasteiger partial charge in [-0.3, -0.25) is 0 Å². The molecule has 0 aromatic heterocycles. The zero-order valence-electron chi connectivity index (χ0n) is 19.4. The lowest BCUT2D eigenvalue weighted by Gasteiger charge is -2.22. The zero-order valence-corrected chi connectivity index (χ0v) is 19.4. The molecule has 0 radical (unpaired) electrons. The van der Waals surface area contributed by atoms with Gasteiger partial charge in [-0.1, -0.05) is 67.1 Å². The highest BCUT2D eigenvalue weighted by Gasteiger charge is 2.17. The van der Waals surface area contributed by atoms with Gasteiger partial charge in [0, 0.05) is 0 Å². The lowest BCUT2D eigenvalue weighted by Crippen LogP contribution is -2.03. The summed E-state index contributed by atoms with van der Waals surface area (Å²) in [5.41, 5.74) is 15.3. The second kappa shape index (κ2) is 8.26. The van der Waals surface area contributed by atoms with Crippen molar-refractivity contribution in [3.8, 4) is 22.3 Å². The normalized spacial score (nSPS) is 16.5. The van der Waals surface area contributed by atoms with Crippen LogP contribution in [0.3, 0.4) is 0 Å². The van der Waals surface area contributed by atoms with Crippen LogP contribution in [0, 0.1) is 40.5 Å². The molecule has 0 heteroatoms. The van der Waals surface area contributed by atoms with Crippen LogP contribution in [0.2, 0.25) is 0 Å². The van der Waals surface area contributed by atoms with Gasteiger partial charge in [0.2, 0.25) is 0 Å². The average molecular weight is 395 g/mol. The van der Waals surface area contributed by atoms with E-state index in [9.17, 15) is 0 Å². The van der Waals surface area contributed by atoms with Gasteiger partial charge < -0.3 is 0 Å². The summed E-state index contributed by atoms with van der Waals surface area (Å²) in [6, 6.07) is 18.2. The minimum Gasteiger partial charge on any atom is -0.0804 e. The van der Waals surface area contributed by atoms with Crippen molar-refractivity contribution >= 4 is 5.57 Å². The van der Waals surface area contributed by atoms with E-state index in [1.165, 1.54) is 74.9 Å². The molecule has 3 aromatic carbocycles. The summed E-state index contributed by atoms with van der Waals surface area (Å²) in [5.74, 6) is 0.826. The number of rotatable bonds is 3. The number of hydrogen-bond donors (Lipinski definition) is 0. The van der Waals surface area contributed by atoms with E-state index in [4.69, 9.17) is 0 Å². The molecule has 0 aliphatic heterocycles. The molecule has 4 rings (SSSR count). The highest BCUT2D eigenvalue weighted by Crippen LogP contribution is 2.38. The maximum absolute atomic E-state index is 2.47. The van der Waals surface area contributed by atoms with Crippen molar-refractivity contribution in [3.63, 3.8) is 0 Å². The first kappa shape index (κ1) is 20.7. The van der Waals surface area contributed by atoms with Gasteiger partial charge in [-0.15, -0.1) is 0 Å². The summed E-state index contributed by atoms with van der Waals surface area (Å²) in [5, 5.41) is 0. The molecule has 1 aliphatic carbocycles. The van der Waals surface area contributed by atoms with Crippen LogP contribution in [-0.4, -0.2) is 0 Å². The maximum atomic E-state index is 2.47. The standard InChI is InChI=1S/C30H34/c1-19-7-11-25(12-8-19)27-15-17-29(23(5)21(27)3)30-18-16-28(22(4)24(30)6)26-13-9-20(2)10-14-26/h7-8,11-13,15-18,20H,9-10,14H2,1-6H3. The Morgan fingerprint density at radius 2 is 1.10 bits per heavy atom. The van der Waals surface area contributed by atoms with Crippen LogP contribution in [0.15, 0.2) is 54.6 Å². The van der Waals surface area contributed by atoms with Crippen LogP contribution in [0.5, 0.6) is 0 Å². The molecule has 0 nitrogen and oxygen atoms in total. The number of benzene rings is 3. The van der Waals surface area contributed by atoms with Gasteiger partial charge in [0.05, 0.1) is 0 Å². The first-order chi connectivity index (χ1) is 14.4. The Kier molecular flexibility index (Phi) is 5.69. The van der Waals surface area contributed by atoms with E-state index in [1.807, 2.05) is 0 Å². The predicted molar refractivity (Wildman–Crippen MR) is 132 cm³/mol. The van der Waals surface area contributed by atoms with Crippen molar-refractivity contribution in [1.82, 2.24) is 0 Å². The quantitative estimate of drug-likeness (QED) is 0.416. The van der Waals surface area contributed by atoms with Crippen molar-refractivity contribution in [1.29, 1.82) is 0 Å². The molecule has 0 spiro atoms. The van der Waals surface area contributed by atoms with Crippen molar-refractivity contribution in [2.24, 2.45) is 5.92 Å². The van der Waals surface area contributed by atoms with Crippen molar-refractivity contribution in [2.45, 2.75) is 60.8 Å². The Hall–Kier alpha value is -2.60. The lowest BCUT2D eigenvalue weighted by atomic mass is 9.83. The minimum absolute atomic E-state index is 0.826. The van der Waals surface area contributed by atoms with Crippen LogP contribution in [-0.2, 0) is 0 Å². The third-order valence-corrected chi connectivity index (χ3v) is 7.25. The van der Waals surface area contributed by atoms with Crippen LogP contribution >= 0.6 is 0 Å². The molecule has 0 heterocycles. The molecule has 0 amide bonds. The Morgan fingerprint density at radius 3 is 1.67 bits per heavy atom. The van der Waals surface area contributed by atoms with Gasteiger partial charge in [-0.25, -0.2) is 0 Å². The van der Waals surface area contributed by atoms with Gasteiger partial charge in [0.25, 0.3) is 0 Å². The number of allylic oxidation sites excluding steroid dienone is 2. The molecule has 0 N–H and O–H groups in total. The molecule has 0 fully saturated rings. The first-order valence-electron chi connectivity index (χ1n) is 11.3. The van der Waals surface area contributed by atoms with E-state index in [0.717, 1.165) is 5.92 Å². The second-order valence-electron chi connectivity index (χ2n) is 9.30. The van der Waals surface area contributed by atoms with Gasteiger partial charge in [0.1, 0.15) is 0 Å². The van der Waals surface area contributed by atoms with E-state index in [1.54, 1.807) is 5.57 Å². The Morgan fingerprint density at radius 1 is 0.600 bits per heavy atom. The largest absolute Gasteiger partial charge is 0.0804 e. The monoisotopic (exact) mass is 394 g/mol. The number of hydrogen-bond acceptors (Lipinski definition) is 0. The Balaban J connectivity index is 1.75. The molecule has 1 aliphatic rings. The summed E-state index contributed by atoms with van der Waals surface area (Å²) in [6.45, 7) is 13.6. The molecule has 1 unspecified atom stereocenters. The molecular weight excluding hydrogens is 360 g/mol. The van der Waals surface area contributed by atoms with E-state index >= 15 is 0 Å². The Labute approximate surface area is 182 Å². The summed E-state index contributed by atoms with van der Waals surface area (Å²) >= 11 is 0. The van der Waals surface area contributed by atoms with E-state index in [0.29, 0.717) is 0 Å². The molecule has 30 heavy (non-hydrogen) atoms.